The molecule has 0 saturated carbocycles. The monoisotopic (exact) mass is 392 g/mol. The average Bonchev–Trinajstić information content (AvgIpc) is 2.65. The predicted molar refractivity (Wildman–Crippen MR) is 98.2 cm³/mol. The maximum absolute atomic E-state index is 12.9. The first-order chi connectivity index (χ1) is 12.8. The fourth-order valence-electron chi connectivity index (χ4n) is 3.08. The van der Waals surface area contributed by atoms with Crippen LogP contribution >= 0.6 is 0 Å². The van der Waals surface area contributed by atoms with E-state index in [1.165, 1.54) is 14.2 Å². The zero-order valence-corrected chi connectivity index (χ0v) is 15.8. The molecule has 0 spiro atoms. The molecule has 8 nitrogen and oxygen atoms in total. The lowest BCUT2D eigenvalue weighted by atomic mass is 9.98. The summed E-state index contributed by atoms with van der Waals surface area (Å²) in [6, 6.07) is 10.3. The van der Waals surface area contributed by atoms with Gasteiger partial charge in [-0.2, -0.15) is 13.6 Å². The normalized spacial score (nSPS) is 13.7. The van der Waals surface area contributed by atoms with Crippen molar-refractivity contribution in [2.45, 2.75) is 13.0 Å². The highest BCUT2D eigenvalue weighted by molar-refractivity contribution is 7.84. The van der Waals surface area contributed by atoms with Crippen LogP contribution in [-0.2, 0) is 23.3 Å². The quantitative estimate of drug-likeness (QED) is 0.826. The molecule has 0 atom stereocenters. The molecule has 27 heavy (non-hydrogen) atoms. The third-order valence-electron chi connectivity index (χ3n) is 4.33. The number of ether oxygens (including phenoxy) is 2. The number of amides is 1. The van der Waals surface area contributed by atoms with Crippen LogP contribution in [0.25, 0.3) is 0 Å². The molecule has 1 aliphatic rings. The molecule has 1 aliphatic heterocycles. The molecule has 0 aromatic heterocycles. The fraction of sp³-hybridized carbons (Fsp3) is 0.278. The second-order valence-corrected chi connectivity index (χ2v) is 7.18. The number of carbonyl (C=O) groups is 1. The number of rotatable bonds is 5. The summed E-state index contributed by atoms with van der Waals surface area (Å²) in [5, 5.41) is 4.95. The number of para-hydroxylation sites is 1. The van der Waals surface area contributed by atoms with E-state index in [4.69, 9.17) is 18.8 Å². The molecule has 0 unspecified atom stereocenters. The molecule has 0 aliphatic carbocycles. The number of benzene rings is 2. The van der Waals surface area contributed by atoms with E-state index in [0.717, 1.165) is 11.1 Å². The molecule has 0 fully saturated rings. The van der Waals surface area contributed by atoms with Gasteiger partial charge in [-0.3, -0.25) is 4.79 Å². The summed E-state index contributed by atoms with van der Waals surface area (Å²) in [6.07, 6.45) is 0.543. The molecule has 2 aromatic rings. The highest BCUT2D eigenvalue weighted by Crippen LogP contribution is 2.34. The number of hydrogen-bond donors (Lipinski definition) is 1. The Morgan fingerprint density at radius 1 is 1.04 bits per heavy atom. The van der Waals surface area contributed by atoms with Gasteiger partial charge in [0, 0.05) is 13.1 Å². The van der Waals surface area contributed by atoms with Gasteiger partial charge in [0.05, 0.1) is 19.8 Å². The van der Waals surface area contributed by atoms with Crippen LogP contribution in [0.2, 0.25) is 0 Å². The van der Waals surface area contributed by atoms with Crippen molar-refractivity contribution >= 4 is 16.2 Å². The van der Waals surface area contributed by atoms with Gasteiger partial charge in [0.15, 0.2) is 11.5 Å². The summed E-state index contributed by atoms with van der Waals surface area (Å²) in [5.41, 5.74) is 2.21. The molecule has 3 rings (SSSR count). The van der Waals surface area contributed by atoms with E-state index in [-0.39, 0.29) is 17.4 Å². The molecule has 144 valence electrons. The highest BCUT2D eigenvalue weighted by Gasteiger charge is 2.26. The number of fused-ring (bicyclic) bond motifs is 1. The van der Waals surface area contributed by atoms with Crippen molar-refractivity contribution in [1.82, 2.24) is 4.90 Å². The second-order valence-electron chi connectivity index (χ2n) is 6.02. The third-order valence-corrected chi connectivity index (χ3v) is 4.74. The van der Waals surface area contributed by atoms with E-state index in [1.807, 2.05) is 0 Å². The van der Waals surface area contributed by atoms with Crippen molar-refractivity contribution in [2.75, 3.05) is 20.8 Å². The zero-order chi connectivity index (χ0) is 19.6. The Hall–Kier alpha value is -2.78. The lowest BCUT2D eigenvalue weighted by Gasteiger charge is -2.30. The molecule has 9 heteroatoms. The number of nitrogens with zero attached hydrogens (tertiary/aromatic N) is 1. The molecular formula is C18H20N2O6S. The van der Waals surface area contributed by atoms with Gasteiger partial charge in [0.25, 0.3) is 5.91 Å². The summed E-state index contributed by atoms with van der Waals surface area (Å²) in [7, 11) is -1.24. The fourth-order valence-corrected chi connectivity index (χ4v) is 3.46. The first kappa shape index (κ1) is 19.0. The smallest absolute Gasteiger partial charge is 0.380 e. The molecule has 2 N–H and O–H groups in total. The Morgan fingerprint density at radius 3 is 2.37 bits per heavy atom. The average molecular weight is 392 g/mol. The lowest BCUT2D eigenvalue weighted by Crippen LogP contribution is -2.36. The van der Waals surface area contributed by atoms with Crippen LogP contribution in [0.4, 0.5) is 0 Å². The van der Waals surface area contributed by atoms with Crippen LogP contribution in [0, 0.1) is 0 Å². The Labute approximate surface area is 157 Å². The summed E-state index contributed by atoms with van der Waals surface area (Å²) in [6.45, 7) is 0.837. The molecule has 0 bridgehead atoms. The van der Waals surface area contributed by atoms with E-state index >= 15 is 0 Å². The third kappa shape index (κ3) is 4.15. The maximum atomic E-state index is 12.9. The predicted octanol–water partition coefficient (Wildman–Crippen LogP) is 1.48. The van der Waals surface area contributed by atoms with E-state index in [2.05, 4.69) is 0 Å². The minimum absolute atomic E-state index is 0.0308. The van der Waals surface area contributed by atoms with Crippen molar-refractivity contribution in [3.63, 3.8) is 0 Å². The van der Waals surface area contributed by atoms with E-state index in [0.29, 0.717) is 30.8 Å². The van der Waals surface area contributed by atoms with Crippen molar-refractivity contribution < 1.29 is 26.9 Å². The Bertz CT molecular complexity index is 974. The Morgan fingerprint density at radius 2 is 1.70 bits per heavy atom. The molecule has 1 amide bonds. The summed E-state index contributed by atoms with van der Waals surface area (Å²) < 4.78 is 37.7. The molecule has 0 saturated heterocycles. The van der Waals surface area contributed by atoms with Crippen molar-refractivity contribution in [1.29, 1.82) is 0 Å². The SMILES string of the molecule is COc1cc2c(cc1OS(N)(=O)=O)CCN(C(=O)c1ccccc1OC)C2. The van der Waals surface area contributed by atoms with Crippen LogP contribution in [0.1, 0.15) is 21.5 Å². The largest absolute Gasteiger partial charge is 0.496 e. The van der Waals surface area contributed by atoms with Gasteiger partial charge in [0.1, 0.15) is 5.75 Å². The van der Waals surface area contributed by atoms with Gasteiger partial charge < -0.3 is 18.6 Å². The van der Waals surface area contributed by atoms with E-state index < -0.39 is 10.3 Å². The van der Waals surface area contributed by atoms with Gasteiger partial charge in [-0.05, 0) is 41.8 Å². The van der Waals surface area contributed by atoms with Crippen LogP contribution < -0.4 is 18.8 Å². The van der Waals surface area contributed by atoms with Gasteiger partial charge >= 0.3 is 10.3 Å². The first-order valence-corrected chi connectivity index (χ1v) is 9.64. The minimum Gasteiger partial charge on any atom is -0.496 e. The van der Waals surface area contributed by atoms with Gasteiger partial charge in [-0.15, -0.1) is 0 Å². The standard InChI is InChI=1S/C18H20N2O6S/c1-24-15-6-4-3-5-14(15)18(21)20-8-7-12-9-17(26-27(19,22)23)16(25-2)10-13(12)11-20/h3-6,9-10H,7-8,11H2,1-2H3,(H2,19,22,23). The van der Waals surface area contributed by atoms with Crippen LogP contribution in [-0.4, -0.2) is 40.0 Å². The summed E-state index contributed by atoms with van der Waals surface area (Å²) >= 11 is 0. The molecule has 2 aromatic carbocycles. The van der Waals surface area contributed by atoms with Crippen molar-refractivity contribution in [3.8, 4) is 17.2 Å². The number of carbonyl (C=O) groups excluding carboxylic acids is 1. The van der Waals surface area contributed by atoms with Crippen molar-refractivity contribution in [3.05, 3.63) is 53.1 Å². The lowest BCUT2D eigenvalue weighted by molar-refractivity contribution is 0.0731. The topological polar surface area (TPSA) is 108 Å². The van der Waals surface area contributed by atoms with Crippen LogP contribution in [0.15, 0.2) is 36.4 Å². The minimum atomic E-state index is -4.16. The van der Waals surface area contributed by atoms with E-state index in [9.17, 15) is 13.2 Å². The number of nitrogens with two attached hydrogens (primary N) is 1. The number of methoxy groups -OCH3 is 2. The number of hydrogen-bond acceptors (Lipinski definition) is 6. The van der Waals surface area contributed by atoms with Gasteiger partial charge in [-0.1, -0.05) is 12.1 Å². The summed E-state index contributed by atoms with van der Waals surface area (Å²) in [5.74, 6) is 0.641. The Balaban J connectivity index is 1.89. The van der Waals surface area contributed by atoms with E-state index in [1.54, 1.807) is 41.3 Å². The van der Waals surface area contributed by atoms with Crippen LogP contribution in [0.3, 0.4) is 0 Å². The highest BCUT2D eigenvalue weighted by atomic mass is 32.2. The maximum Gasteiger partial charge on any atom is 0.380 e. The van der Waals surface area contributed by atoms with Gasteiger partial charge in [-0.25, -0.2) is 0 Å². The molecular weight excluding hydrogens is 372 g/mol. The van der Waals surface area contributed by atoms with Crippen LogP contribution in [0.5, 0.6) is 17.2 Å². The Kier molecular flexibility index (Phi) is 5.24. The zero-order valence-electron chi connectivity index (χ0n) is 15.0. The molecule has 1 heterocycles. The van der Waals surface area contributed by atoms with Crippen molar-refractivity contribution in [2.24, 2.45) is 5.14 Å². The molecule has 0 radical (unpaired) electrons. The first-order valence-electron chi connectivity index (χ1n) is 8.16. The summed E-state index contributed by atoms with van der Waals surface area (Å²) in [4.78, 5) is 14.6. The van der Waals surface area contributed by atoms with Gasteiger partial charge in [0.2, 0.25) is 0 Å². The second kappa shape index (κ2) is 7.45.